The van der Waals surface area contributed by atoms with Crippen molar-refractivity contribution in [2.75, 3.05) is 17.8 Å². The van der Waals surface area contributed by atoms with Crippen LogP contribution in [0, 0.1) is 0 Å². The van der Waals surface area contributed by atoms with E-state index in [4.69, 9.17) is 5.11 Å². The Labute approximate surface area is 128 Å². The van der Waals surface area contributed by atoms with E-state index in [-0.39, 0.29) is 5.48 Å². The number of carboxylic acid groups (broad SMARTS) is 1. The third-order valence-corrected chi connectivity index (χ3v) is 5.40. The van der Waals surface area contributed by atoms with E-state index in [1.807, 2.05) is 0 Å². The van der Waals surface area contributed by atoms with Crippen molar-refractivity contribution in [3.63, 3.8) is 0 Å². The molecule has 0 aromatic rings. The highest BCUT2D eigenvalue weighted by molar-refractivity contribution is 7.96. The first kappa shape index (κ1) is 22.1. The van der Waals surface area contributed by atoms with Gasteiger partial charge in [-0.15, -0.1) is 0 Å². The van der Waals surface area contributed by atoms with Gasteiger partial charge in [-0.1, -0.05) is 58.3 Å². The average molecular weight is 307 g/mol. The molecule has 2 N–H and O–H groups in total. The molecule has 3 nitrogen and oxygen atoms in total. The number of hydrogen-bond acceptors (Lipinski definition) is 2. The Hall–Kier alpha value is -0.220. The van der Waals surface area contributed by atoms with E-state index in [1.165, 1.54) is 70.0 Å². The van der Waals surface area contributed by atoms with Gasteiger partial charge >= 0.3 is 5.97 Å². The number of carbonyl (C=O) groups is 1. The fraction of sp³-hybridized carbons (Fsp3) is 0.938. The van der Waals surface area contributed by atoms with E-state index in [0.29, 0.717) is 17.3 Å². The van der Waals surface area contributed by atoms with Gasteiger partial charge in [0.25, 0.3) is 0 Å². The summed E-state index contributed by atoms with van der Waals surface area (Å²) in [7, 11) is 0.316. The molecule has 1 unspecified atom stereocenters. The van der Waals surface area contributed by atoms with Crippen LogP contribution in [0.5, 0.6) is 0 Å². The van der Waals surface area contributed by atoms with Crippen LogP contribution in [0.15, 0.2) is 0 Å². The normalized spacial score (nSPS) is 11.9. The fourth-order valence-electron chi connectivity index (χ4n) is 2.20. The molecular weight excluding hydrogens is 272 g/mol. The Bertz CT molecular complexity index is 210. The first-order valence-electron chi connectivity index (χ1n) is 7.97. The van der Waals surface area contributed by atoms with Crippen molar-refractivity contribution in [3.05, 3.63) is 0 Å². The number of carboxylic acids is 1. The smallest absolute Gasteiger partial charge is 0.308 e. The summed E-state index contributed by atoms with van der Waals surface area (Å²) >= 11 is 0. The highest BCUT2D eigenvalue weighted by atomic mass is 32.2. The van der Waals surface area contributed by atoms with Crippen molar-refractivity contribution in [2.45, 2.75) is 77.6 Å². The maximum Gasteiger partial charge on any atom is 0.308 e. The van der Waals surface area contributed by atoms with Gasteiger partial charge in [0.15, 0.2) is 0 Å². The van der Waals surface area contributed by atoms with Crippen molar-refractivity contribution >= 4 is 16.9 Å². The summed E-state index contributed by atoms with van der Waals surface area (Å²) in [6.07, 6.45) is 16.3. The summed E-state index contributed by atoms with van der Waals surface area (Å²) in [5.74, 6) is 1.44. The summed E-state index contributed by atoms with van der Waals surface area (Å²) in [4.78, 5) is 10.5. The predicted molar refractivity (Wildman–Crippen MR) is 89.1 cm³/mol. The molecule has 0 aliphatic carbocycles. The van der Waals surface area contributed by atoms with Crippen molar-refractivity contribution in [3.8, 4) is 0 Å². The number of rotatable bonds is 14. The van der Waals surface area contributed by atoms with Gasteiger partial charge in [0, 0.05) is 0 Å². The molecule has 0 aromatic heterocycles. The van der Waals surface area contributed by atoms with Crippen molar-refractivity contribution < 1.29 is 15.4 Å². The standard InChI is InChI=1S/C16H32O2S.H2O/c1-3-4-5-6-7-8-9-10-11-12-14-19(2)15-13-16(17)18;/h3-15H2,1-2H3;1H2. The SMILES string of the molecule is CCCCCCCCCCCC[S+](C)CCC(=O)O.[OH-]. The molecule has 0 saturated heterocycles. The van der Waals surface area contributed by atoms with Crippen molar-refractivity contribution in [2.24, 2.45) is 0 Å². The second-order valence-corrected chi connectivity index (χ2v) is 7.89. The highest BCUT2D eigenvalue weighted by Gasteiger charge is 2.12. The molecule has 0 heterocycles. The van der Waals surface area contributed by atoms with Crippen molar-refractivity contribution in [1.29, 1.82) is 0 Å². The van der Waals surface area contributed by atoms with Crippen LogP contribution in [0.3, 0.4) is 0 Å². The molecule has 0 aliphatic rings. The van der Waals surface area contributed by atoms with Gasteiger partial charge in [0.05, 0.1) is 12.7 Å². The van der Waals surface area contributed by atoms with Gasteiger partial charge in [-0.2, -0.15) is 0 Å². The summed E-state index contributed by atoms with van der Waals surface area (Å²) in [5.41, 5.74) is 0. The largest absolute Gasteiger partial charge is 0.870 e. The summed E-state index contributed by atoms with van der Waals surface area (Å²) in [6.45, 7) is 2.26. The lowest BCUT2D eigenvalue weighted by Gasteiger charge is -2.03. The minimum absolute atomic E-state index is 0. The summed E-state index contributed by atoms with van der Waals surface area (Å²) in [5, 5.41) is 8.61. The van der Waals surface area contributed by atoms with E-state index in [1.54, 1.807) is 0 Å². The second-order valence-electron chi connectivity index (χ2n) is 5.52. The van der Waals surface area contributed by atoms with Crippen LogP contribution < -0.4 is 0 Å². The molecule has 0 fully saturated rings. The number of aliphatic carboxylic acids is 1. The minimum Gasteiger partial charge on any atom is -0.870 e. The topological polar surface area (TPSA) is 67.3 Å². The van der Waals surface area contributed by atoms with Gasteiger partial charge in [0.2, 0.25) is 0 Å². The quantitative estimate of drug-likeness (QED) is 0.381. The van der Waals surface area contributed by atoms with Crippen LogP contribution in [0.25, 0.3) is 0 Å². The van der Waals surface area contributed by atoms with Crippen LogP contribution in [-0.4, -0.2) is 34.3 Å². The molecule has 4 heteroatoms. The number of unbranched alkanes of at least 4 members (excludes halogenated alkanes) is 9. The Balaban J connectivity index is 0. The van der Waals surface area contributed by atoms with Gasteiger partial charge < -0.3 is 10.6 Å². The summed E-state index contributed by atoms with van der Waals surface area (Å²) < 4.78 is 0. The van der Waals surface area contributed by atoms with Crippen molar-refractivity contribution in [1.82, 2.24) is 0 Å². The molecule has 0 rings (SSSR count). The molecule has 0 amide bonds. The van der Waals surface area contributed by atoms with E-state index in [2.05, 4.69) is 13.2 Å². The first-order valence-corrected chi connectivity index (χ1v) is 9.95. The minimum atomic E-state index is -0.651. The monoisotopic (exact) mass is 306 g/mol. The second kappa shape index (κ2) is 16.8. The molecule has 0 saturated carbocycles. The molecule has 122 valence electrons. The zero-order chi connectivity index (χ0) is 14.3. The Kier molecular flexibility index (Phi) is 18.6. The maximum absolute atomic E-state index is 10.5. The van der Waals surface area contributed by atoms with E-state index in [0.717, 1.165) is 5.75 Å². The fourth-order valence-corrected chi connectivity index (χ4v) is 3.62. The Morgan fingerprint density at radius 1 is 0.850 bits per heavy atom. The number of hydrogen-bond donors (Lipinski definition) is 1. The molecule has 20 heavy (non-hydrogen) atoms. The van der Waals surface area contributed by atoms with E-state index in [9.17, 15) is 4.79 Å². The average Bonchev–Trinajstić information content (AvgIpc) is 2.38. The zero-order valence-electron chi connectivity index (χ0n) is 13.4. The first-order chi connectivity index (χ1) is 9.16. The third kappa shape index (κ3) is 17.8. The summed E-state index contributed by atoms with van der Waals surface area (Å²) in [6, 6.07) is 0. The lowest BCUT2D eigenvalue weighted by molar-refractivity contribution is -0.136. The van der Waals surface area contributed by atoms with E-state index >= 15 is 0 Å². The Morgan fingerprint density at radius 3 is 1.75 bits per heavy atom. The Morgan fingerprint density at radius 2 is 1.30 bits per heavy atom. The van der Waals surface area contributed by atoms with Crippen LogP contribution in [-0.2, 0) is 15.7 Å². The molecule has 1 atom stereocenters. The maximum atomic E-state index is 10.5. The molecule has 0 spiro atoms. The molecular formula is C16H34O3S. The molecule has 0 bridgehead atoms. The van der Waals surface area contributed by atoms with Crippen LogP contribution in [0.1, 0.15) is 77.6 Å². The lowest BCUT2D eigenvalue weighted by Crippen LogP contribution is -2.13. The van der Waals surface area contributed by atoms with Gasteiger partial charge in [0.1, 0.15) is 11.5 Å². The third-order valence-electron chi connectivity index (χ3n) is 3.51. The van der Waals surface area contributed by atoms with Gasteiger partial charge in [-0.25, -0.2) is 0 Å². The lowest BCUT2D eigenvalue weighted by atomic mass is 10.1. The predicted octanol–water partition coefficient (Wildman–Crippen LogP) is 4.45. The van der Waals surface area contributed by atoms with Gasteiger partial charge in [-0.3, -0.25) is 4.79 Å². The van der Waals surface area contributed by atoms with Crippen LogP contribution in [0.4, 0.5) is 0 Å². The molecule has 0 aromatic carbocycles. The van der Waals surface area contributed by atoms with Crippen LogP contribution in [0.2, 0.25) is 0 Å². The zero-order valence-corrected chi connectivity index (χ0v) is 14.2. The molecule has 0 radical (unpaired) electrons. The molecule has 0 aliphatic heterocycles. The van der Waals surface area contributed by atoms with Gasteiger partial charge in [-0.05, 0) is 23.7 Å². The van der Waals surface area contributed by atoms with E-state index < -0.39 is 5.97 Å². The van der Waals surface area contributed by atoms with Crippen LogP contribution >= 0.6 is 0 Å². The highest BCUT2D eigenvalue weighted by Crippen LogP contribution is 2.11.